The van der Waals surface area contributed by atoms with Gasteiger partial charge in [0, 0.05) is 18.5 Å². The minimum atomic E-state index is -3.03. The second-order valence-electron chi connectivity index (χ2n) is 12.4. The van der Waals surface area contributed by atoms with Gasteiger partial charge in [-0.25, -0.2) is 4.79 Å². The zero-order valence-corrected chi connectivity index (χ0v) is 29.6. The fraction of sp³-hybridized carbons (Fsp3) is 0.850. The summed E-state index contributed by atoms with van der Waals surface area (Å²) < 4.78 is 38.5. The Morgan fingerprint density at radius 1 is 0.758 bits per heavy atom. The molecule has 0 aromatic carbocycles. The maximum atomic E-state index is 12.0. The van der Waals surface area contributed by atoms with E-state index in [1.54, 1.807) is 6.92 Å². The van der Waals surface area contributed by atoms with Crippen LogP contribution in [-0.2, 0) is 30.4 Å². The van der Waals surface area contributed by atoms with E-state index in [9.17, 15) is 4.79 Å². The molecule has 0 aliphatic rings. The number of hydrogen-bond donors (Lipinski definition) is 0. The molecular formula is C20H49O7Si6. The van der Waals surface area contributed by atoms with Crippen LogP contribution < -0.4 is 0 Å². The van der Waals surface area contributed by atoms with E-state index in [1.807, 2.05) is 6.55 Å². The lowest BCUT2D eigenvalue weighted by molar-refractivity contribution is -0.139. The van der Waals surface area contributed by atoms with E-state index >= 15 is 0 Å². The Labute approximate surface area is 210 Å². The molecule has 1 unspecified atom stereocenters. The summed E-state index contributed by atoms with van der Waals surface area (Å²) in [6.07, 6.45) is 0.453. The Morgan fingerprint density at radius 3 is 1.45 bits per heavy atom. The summed E-state index contributed by atoms with van der Waals surface area (Å²) in [6, 6.07) is 0. The van der Waals surface area contributed by atoms with Gasteiger partial charge < -0.3 is 25.6 Å². The molecule has 0 fully saturated rings. The lowest BCUT2D eigenvalue weighted by Crippen LogP contribution is -2.60. The zero-order chi connectivity index (χ0) is 26.5. The molecule has 0 amide bonds. The van der Waals surface area contributed by atoms with Crippen molar-refractivity contribution in [2.75, 3.05) is 6.61 Å². The highest BCUT2D eigenvalue weighted by molar-refractivity contribution is 6.86. The van der Waals surface area contributed by atoms with Crippen molar-refractivity contribution in [3.8, 4) is 0 Å². The van der Waals surface area contributed by atoms with Crippen molar-refractivity contribution >= 4 is 57.3 Å². The van der Waals surface area contributed by atoms with Gasteiger partial charge in [0.25, 0.3) is 0 Å². The predicted octanol–water partition coefficient (Wildman–Crippen LogP) is 5.88. The van der Waals surface area contributed by atoms with Crippen LogP contribution in [-0.4, -0.2) is 69.7 Å². The minimum Gasteiger partial charge on any atom is -0.462 e. The molecule has 0 heterocycles. The van der Waals surface area contributed by atoms with Gasteiger partial charge in [0.2, 0.25) is 0 Å². The third-order valence-electron chi connectivity index (χ3n) is 3.38. The summed E-state index contributed by atoms with van der Waals surface area (Å²) in [5.41, 5.74) is -0.0196. The normalized spacial score (nSPS) is 15.0. The number of carbonyl (C=O) groups is 1. The van der Waals surface area contributed by atoms with E-state index in [1.165, 1.54) is 0 Å². The van der Waals surface area contributed by atoms with Gasteiger partial charge in [-0.1, -0.05) is 6.58 Å². The van der Waals surface area contributed by atoms with Crippen LogP contribution in [0.3, 0.4) is 0 Å². The summed E-state index contributed by atoms with van der Waals surface area (Å²) in [5, 5.41) is 0. The molecule has 0 N–H and O–H groups in total. The van der Waals surface area contributed by atoms with Gasteiger partial charge in [0.05, 0.1) is 12.3 Å². The zero-order valence-electron chi connectivity index (χ0n) is 23.6. The van der Waals surface area contributed by atoms with Crippen molar-refractivity contribution in [2.45, 2.75) is 104 Å². The van der Waals surface area contributed by atoms with Crippen LogP contribution >= 0.6 is 0 Å². The molecule has 0 aliphatic heterocycles. The molecule has 0 rings (SSSR count). The van der Waals surface area contributed by atoms with Crippen molar-refractivity contribution in [1.82, 2.24) is 0 Å². The van der Waals surface area contributed by atoms with Crippen LogP contribution in [0.5, 0.6) is 0 Å². The first kappa shape index (κ1) is 33.3. The first-order chi connectivity index (χ1) is 14.4. The van der Waals surface area contributed by atoms with Gasteiger partial charge in [-0.05, 0) is 85.5 Å². The molecule has 7 nitrogen and oxygen atoms in total. The highest BCUT2D eigenvalue weighted by atomic mass is 28.5. The quantitative estimate of drug-likeness (QED) is 0.138. The molecule has 0 saturated carbocycles. The van der Waals surface area contributed by atoms with E-state index < -0.39 is 63.1 Å². The average Bonchev–Trinajstić information content (AvgIpc) is 2.46. The molecule has 0 saturated heterocycles. The van der Waals surface area contributed by atoms with Gasteiger partial charge >= 0.3 is 24.1 Å². The van der Waals surface area contributed by atoms with Gasteiger partial charge in [0.1, 0.15) is 0 Å². The number of hydrogen-bond acceptors (Lipinski definition) is 7. The Hall–Kier alpha value is 0.311. The molecule has 13 heteroatoms. The summed E-state index contributed by atoms with van der Waals surface area (Å²) in [7, 11) is -12.7. The van der Waals surface area contributed by atoms with Crippen molar-refractivity contribution in [3.63, 3.8) is 0 Å². The molecule has 0 aromatic heterocycles. The average molecular weight is 570 g/mol. The minimum absolute atomic E-state index is 0.193. The number of esters is 1. The van der Waals surface area contributed by atoms with Crippen LogP contribution in [0.1, 0.15) is 13.3 Å². The third kappa shape index (κ3) is 17.4. The lowest BCUT2D eigenvalue weighted by atomic mass is 10.4. The van der Waals surface area contributed by atoms with Crippen LogP contribution in [0.25, 0.3) is 0 Å². The number of rotatable bonds is 15. The SMILES string of the molecule is C=C(C)C(=O)OCCC(O[Si](C)(O[Si](C)(C)C)O[Si](C)(C)C)[Si](O[Si](C)(C)C)O[Si](C)(C)C. The first-order valence-electron chi connectivity index (χ1n) is 11.6. The summed E-state index contributed by atoms with van der Waals surface area (Å²) in [4.78, 5) is 12.0. The van der Waals surface area contributed by atoms with Crippen molar-refractivity contribution in [1.29, 1.82) is 0 Å². The number of carbonyl (C=O) groups excluding carboxylic acids is 1. The topological polar surface area (TPSA) is 72.5 Å². The molecule has 195 valence electrons. The van der Waals surface area contributed by atoms with Crippen LogP contribution in [0.15, 0.2) is 12.2 Å². The monoisotopic (exact) mass is 569 g/mol. The van der Waals surface area contributed by atoms with Crippen molar-refractivity contribution < 1.29 is 30.4 Å². The van der Waals surface area contributed by atoms with Gasteiger partial charge in [0.15, 0.2) is 33.3 Å². The van der Waals surface area contributed by atoms with Gasteiger partial charge in [-0.15, -0.1) is 0 Å². The smallest absolute Gasteiger partial charge is 0.462 e. The van der Waals surface area contributed by atoms with Crippen LogP contribution in [0, 0.1) is 0 Å². The summed E-state index contributed by atoms with van der Waals surface area (Å²) in [5.74, 6) is -0.406. The van der Waals surface area contributed by atoms with Crippen molar-refractivity contribution in [3.05, 3.63) is 12.2 Å². The lowest BCUT2D eigenvalue weighted by Gasteiger charge is -2.41. The highest BCUT2D eigenvalue weighted by Crippen LogP contribution is 2.27. The maximum absolute atomic E-state index is 12.0. The molecule has 1 atom stereocenters. The number of ether oxygens (including phenoxy) is 1. The van der Waals surface area contributed by atoms with E-state index in [2.05, 4.69) is 85.1 Å². The largest absolute Gasteiger partial charge is 0.476 e. The second kappa shape index (κ2) is 12.5. The van der Waals surface area contributed by atoms with E-state index in [0.717, 1.165) is 0 Å². The maximum Gasteiger partial charge on any atom is 0.476 e. The Morgan fingerprint density at radius 2 is 1.15 bits per heavy atom. The highest BCUT2D eigenvalue weighted by Gasteiger charge is 2.48. The molecule has 1 radical (unpaired) electrons. The van der Waals surface area contributed by atoms with E-state index in [-0.39, 0.29) is 6.61 Å². The van der Waals surface area contributed by atoms with Crippen LogP contribution in [0.4, 0.5) is 0 Å². The molecule has 0 aliphatic carbocycles. The Balaban J connectivity index is 6.12. The molecule has 0 bridgehead atoms. The van der Waals surface area contributed by atoms with E-state index in [4.69, 9.17) is 25.6 Å². The van der Waals surface area contributed by atoms with E-state index in [0.29, 0.717) is 12.0 Å². The molecule has 33 heavy (non-hydrogen) atoms. The Kier molecular flexibility index (Phi) is 12.6. The van der Waals surface area contributed by atoms with Gasteiger partial charge in [-0.2, -0.15) is 0 Å². The molecule has 0 aromatic rings. The first-order valence-corrected chi connectivity index (χ1v) is 28.8. The Bertz CT molecular complexity index is 615. The third-order valence-corrected chi connectivity index (χ3v) is 19.6. The van der Waals surface area contributed by atoms with Crippen LogP contribution in [0.2, 0.25) is 85.1 Å². The van der Waals surface area contributed by atoms with Crippen molar-refractivity contribution in [2.24, 2.45) is 0 Å². The molecule has 0 spiro atoms. The summed E-state index contributed by atoms with van der Waals surface area (Å²) >= 11 is 0. The fourth-order valence-corrected chi connectivity index (χ4v) is 21.1. The standard InChI is InChI=1S/C20H49O7Si6/c1-18(2)20(21)22-17-16-19(28(24-29(3,4)5)25-30(6,7)8)23-33(15,26-31(9,10)11)27-32(12,13)14/h19H,1,16-17H2,2-15H3. The fourth-order valence-electron chi connectivity index (χ4n) is 2.80. The predicted molar refractivity (Wildman–Crippen MR) is 150 cm³/mol. The second-order valence-corrected chi connectivity index (χ2v) is 35.8. The summed E-state index contributed by atoms with van der Waals surface area (Å²) in [6.45, 7) is 33.2. The van der Waals surface area contributed by atoms with Gasteiger partial charge in [-0.3, -0.25) is 0 Å². The molecular weight excluding hydrogens is 521 g/mol.